The monoisotopic (exact) mass is 283 g/mol. The average Bonchev–Trinajstić information content (AvgIpc) is 2.97. The number of aromatic carboxylic acids is 1. The fourth-order valence-corrected chi connectivity index (χ4v) is 1.96. The molecule has 5 nitrogen and oxygen atoms in total. The number of hydrogen-bond donors (Lipinski definition) is 1. The second-order valence-electron chi connectivity index (χ2n) is 4.38. The Kier molecular flexibility index (Phi) is 3.19. The molecule has 2 aromatic carbocycles. The standard InChI is InChI=1S/C15H10FN3O2/c16-13-7-2-1-6-12(13)14-9-19(18-17-14)11-5-3-4-10(8-11)15(20)21/h1-9H,(H,20,21). The average molecular weight is 283 g/mol. The molecule has 104 valence electrons. The summed E-state index contributed by atoms with van der Waals surface area (Å²) in [5.41, 5.74) is 1.42. The molecular weight excluding hydrogens is 273 g/mol. The minimum atomic E-state index is -1.02. The summed E-state index contributed by atoms with van der Waals surface area (Å²) in [6, 6.07) is 12.5. The Hall–Kier alpha value is -3.02. The molecule has 0 amide bonds. The van der Waals surface area contributed by atoms with Crippen LogP contribution in [-0.4, -0.2) is 26.1 Å². The third-order valence-corrected chi connectivity index (χ3v) is 3.00. The minimum Gasteiger partial charge on any atom is -0.478 e. The zero-order chi connectivity index (χ0) is 14.8. The molecule has 6 heteroatoms. The predicted octanol–water partition coefficient (Wildman–Crippen LogP) is 2.77. The smallest absolute Gasteiger partial charge is 0.335 e. The maximum Gasteiger partial charge on any atom is 0.335 e. The van der Waals surface area contributed by atoms with Crippen molar-refractivity contribution in [3.63, 3.8) is 0 Å². The van der Waals surface area contributed by atoms with Crippen molar-refractivity contribution >= 4 is 5.97 Å². The van der Waals surface area contributed by atoms with E-state index in [1.807, 2.05) is 0 Å². The largest absolute Gasteiger partial charge is 0.478 e. The van der Waals surface area contributed by atoms with Gasteiger partial charge in [0, 0.05) is 5.56 Å². The number of carbonyl (C=O) groups is 1. The van der Waals surface area contributed by atoms with E-state index in [9.17, 15) is 9.18 Å². The minimum absolute atomic E-state index is 0.149. The van der Waals surface area contributed by atoms with Gasteiger partial charge in [0.15, 0.2) is 0 Å². The lowest BCUT2D eigenvalue weighted by Gasteiger charge is -2.01. The van der Waals surface area contributed by atoms with Crippen molar-refractivity contribution in [2.45, 2.75) is 0 Å². The Bertz CT molecular complexity index is 814. The van der Waals surface area contributed by atoms with Crippen LogP contribution in [0, 0.1) is 5.82 Å². The molecule has 1 aromatic heterocycles. The van der Waals surface area contributed by atoms with Gasteiger partial charge in [0.05, 0.1) is 17.4 Å². The van der Waals surface area contributed by atoms with Gasteiger partial charge in [-0.05, 0) is 30.3 Å². The van der Waals surface area contributed by atoms with E-state index in [1.165, 1.54) is 22.9 Å². The molecule has 0 spiro atoms. The highest BCUT2D eigenvalue weighted by Crippen LogP contribution is 2.21. The highest BCUT2D eigenvalue weighted by atomic mass is 19.1. The molecule has 0 aliphatic heterocycles. The van der Waals surface area contributed by atoms with Crippen LogP contribution in [0.25, 0.3) is 16.9 Å². The molecule has 3 rings (SSSR count). The molecule has 3 aromatic rings. The van der Waals surface area contributed by atoms with Crippen molar-refractivity contribution in [2.75, 3.05) is 0 Å². The van der Waals surface area contributed by atoms with E-state index in [1.54, 1.807) is 36.5 Å². The second-order valence-corrected chi connectivity index (χ2v) is 4.38. The number of carboxylic acid groups (broad SMARTS) is 1. The van der Waals surface area contributed by atoms with Crippen molar-refractivity contribution in [3.8, 4) is 16.9 Å². The normalized spacial score (nSPS) is 10.5. The van der Waals surface area contributed by atoms with Gasteiger partial charge in [-0.1, -0.05) is 23.4 Å². The summed E-state index contributed by atoms with van der Waals surface area (Å²) in [4.78, 5) is 11.0. The molecule has 0 aliphatic carbocycles. The summed E-state index contributed by atoms with van der Waals surface area (Å²) in [5.74, 6) is -1.41. The van der Waals surface area contributed by atoms with Crippen LogP contribution < -0.4 is 0 Å². The highest BCUT2D eigenvalue weighted by Gasteiger charge is 2.10. The van der Waals surface area contributed by atoms with Gasteiger partial charge in [-0.15, -0.1) is 5.10 Å². The van der Waals surface area contributed by atoms with Crippen LogP contribution in [0.15, 0.2) is 54.7 Å². The van der Waals surface area contributed by atoms with E-state index < -0.39 is 5.97 Å². The molecule has 21 heavy (non-hydrogen) atoms. The maximum atomic E-state index is 13.7. The van der Waals surface area contributed by atoms with Gasteiger partial charge >= 0.3 is 5.97 Å². The topological polar surface area (TPSA) is 68.0 Å². The van der Waals surface area contributed by atoms with Crippen molar-refractivity contribution in [2.24, 2.45) is 0 Å². The van der Waals surface area contributed by atoms with Crippen LogP contribution in [0.1, 0.15) is 10.4 Å². The third-order valence-electron chi connectivity index (χ3n) is 3.00. The lowest BCUT2D eigenvalue weighted by Crippen LogP contribution is -2.00. The van der Waals surface area contributed by atoms with E-state index in [0.717, 1.165) is 0 Å². The van der Waals surface area contributed by atoms with Crippen LogP contribution in [0.4, 0.5) is 4.39 Å². The van der Waals surface area contributed by atoms with Gasteiger partial charge in [-0.3, -0.25) is 0 Å². The Morgan fingerprint density at radius 3 is 2.71 bits per heavy atom. The molecule has 0 saturated heterocycles. The van der Waals surface area contributed by atoms with Crippen LogP contribution in [0.3, 0.4) is 0 Å². The molecule has 0 aliphatic rings. The molecule has 0 fully saturated rings. The Morgan fingerprint density at radius 1 is 1.14 bits per heavy atom. The number of carboxylic acids is 1. The van der Waals surface area contributed by atoms with E-state index in [4.69, 9.17) is 5.11 Å². The summed E-state index contributed by atoms with van der Waals surface area (Å²) < 4.78 is 15.1. The summed E-state index contributed by atoms with van der Waals surface area (Å²) in [7, 11) is 0. The van der Waals surface area contributed by atoms with Crippen molar-refractivity contribution in [3.05, 3.63) is 66.1 Å². The van der Waals surface area contributed by atoms with Crippen molar-refractivity contribution < 1.29 is 14.3 Å². The summed E-state index contributed by atoms with van der Waals surface area (Å²) in [5, 5.41) is 16.8. The van der Waals surface area contributed by atoms with Gasteiger partial charge in [0.2, 0.25) is 0 Å². The Balaban J connectivity index is 2.01. The number of benzene rings is 2. The summed E-state index contributed by atoms with van der Waals surface area (Å²) in [6.07, 6.45) is 1.55. The molecular formula is C15H10FN3O2. The molecule has 0 unspecified atom stereocenters. The highest BCUT2D eigenvalue weighted by molar-refractivity contribution is 5.88. The Morgan fingerprint density at radius 2 is 1.95 bits per heavy atom. The Labute approximate surface area is 119 Å². The number of nitrogens with zero attached hydrogens (tertiary/aromatic N) is 3. The fourth-order valence-electron chi connectivity index (χ4n) is 1.96. The van der Waals surface area contributed by atoms with Gasteiger partial charge < -0.3 is 5.11 Å². The van der Waals surface area contributed by atoms with Gasteiger partial charge in [0.1, 0.15) is 11.5 Å². The van der Waals surface area contributed by atoms with Gasteiger partial charge in [0.25, 0.3) is 0 Å². The third kappa shape index (κ3) is 2.51. The zero-order valence-corrected chi connectivity index (χ0v) is 10.8. The molecule has 1 N–H and O–H groups in total. The van der Waals surface area contributed by atoms with E-state index in [0.29, 0.717) is 16.9 Å². The summed E-state index contributed by atoms with van der Waals surface area (Å²) >= 11 is 0. The van der Waals surface area contributed by atoms with Crippen LogP contribution in [0.2, 0.25) is 0 Å². The van der Waals surface area contributed by atoms with Crippen molar-refractivity contribution in [1.29, 1.82) is 0 Å². The molecule has 0 atom stereocenters. The quantitative estimate of drug-likeness (QED) is 0.802. The number of rotatable bonds is 3. The lowest BCUT2D eigenvalue weighted by atomic mass is 10.1. The number of halogens is 1. The summed E-state index contributed by atoms with van der Waals surface area (Å²) in [6.45, 7) is 0. The van der Waals surface area contributed by atoms with E-state index in [2.05, 4.69) is 10.3 Å². The SMILES string of the molecule is O=C(O)c1cccc(-n2cc(-c3ccccc3F)nn2)c1. The molecule has 0 bridgehead atoms. The first kappa shape index (κ1) is 13.0. The first-order valence-electron chi connectivity index (χ1n) is 6.16. The van der Waals surface area contributed by atoms with Crippen LogP contribution in [-0.2, 0) is 0 Å². The van der Waals surface area contributed by atoms with E-state index >= 15 is 0 Å². The lowest BCUT2D eigenvalue weighted by molar-refractivity contribution is 0.0697. The molecule has 0 radical (unpaired) electrons. The zero-order valence-electron chi connectivity index (χ0n) is 10.8. The fraction of sp³-hybridized carbons (Fsp3) is 0. The molecule has 1 heterocycles. The number of hydrogen-bond acceptors (Lipinski definition) is 3. The van der Waals surface area contributed by atoms with Crippen molar-refractivity contribution in [1.82, 2.24) is 15.0 Å². The maximum absolute atomic E-state index is 13.7. The van der Waals surface area contributed by atoms with E-state index in [-0.39, 0.29) is 11.4 Å². The van der Waals surface area contributed by atoms with Crippen LogP contribution >= 0.6 is 0 Å². The van der Waals surface area contributed by atoms with Gasteiger partial charge in [-0.2, -0.15) is 0 Å². The first-order chi connectivity index (χ1) is 10.1. The first-order valence-corrected chi connectivity index (χ1v) is 6.16. The van der Waals surface area contributed by atoms with Gasteiger partial charge in [-0.25, -0.2) is 13.9 Å². The number of aromatic nitrogens is 3. The second kappa shape index (κ2) is 5.16. The molecule has 0 saturated carbocycles. The predicted molar refractivity (Wildman–Crippen MR) is 73.7 cm³/mol. The van der Waals surface area contributed by atoms with Crippen LogP contribution in [0.5, 0.6) is 0 Å².